The van der Waals surface area contributed by atoms with Crippen LogP contribution < -0.4 is 5.43 Å². The predicted octanol–water partition coefficient (Wildman–Crippen LogP) is 2.92. The number of amides is 1. The minimum Gasteiger partial charge on any atom is -0.506 e. The maximum absolute atomic E-state index is 11.7. The second-order valence-electron chi connectivity index (χ2n) is 3.77. The van der Waals surface area contributed by atoms with E-state index >= 15 is 0 Å². The zero-order chi connectivity index (χ0) is 14.5. The van der Waals surface area contributed by atoms with Crippen molar-refractivity contribution >= 4 is 50.6 Å². The van der Waals surface area contributed by atoms with Gasteiger partial charge < -0.3 is 5.11 Å². The number of aromatic nitrogens is 1. The SMILES string of the molecule is O=C(NN=Cc1cc(Br)cc(I)c1O)c1cccnc1. The van der Waals surface area contributed by atoms with Gasteiger partial charge in [-0.2, -0.15) is 5.10 Å². The third-order valence-electron chi connectivity index (χ3n) is 2.35. The lowest BCUT2D eigenvalue weighted by Gasteiger charge is -2.03. The zero-order valence-electron chi connectivity index (χ0n) is 10.0. The molecule has 2 rings (SSSR count). The average molecular weight is 446 g/mol. The molecule has 0 bridgehead atoms. The molecule has 1 aromatic carbocycles. The number of carbonyl (C=O) groups excluding carboxylic acids is 1. The molecule has 102 valence electrons. The van der Waals surface area contributed by atoms with Crippen molar-refractivity contribution in [2.45, 2.75) is 0 Å². The molecule has 0 atom stereocenters. The molecule has 2 aromatic rings. The first-order valence-corrected chi connectivity index (χ1v) is 7.36. The Kier molecular flexibility index (Phi) is 5.07. The molecule has 0 aliphatic rings. The van der Waals surface area contributed by atoms with Gasteiger partial charge in [-0.3, -0.25) is 9.78 Å². The third kappa shape index (κ3) is 3.76. The highest BCUT2D eigenvalue weighted by atomic mass is 127. The lowest BCUT2D eigenvalue weighted by atomic mass is 10.2. The summed E-state index contributed by atoms with van der Waals surface area (Å²) in [6.07, 6.45) is 4.42. The molecule has 0 fully saturated rings. The molecule has 2 N–H and O–H groups in total. The number of phenols is 1. The van der Waals surface area contributed by atoms with Gasteiger partial charge in [0.15, 0.2) is 0 Å². The topological polar surface area (TPSA) is 74.6 Å². The number of nitrogens with one attached hydrogen (secondary N) is 1. The third-order valence-corrected chi connectivity index (χ3v) is 3.63. The van der Waals surface area contributed by atoms with E-state index in [0.29, 0.717) is 14.7 Å². The summed E-state index contributed by atoms with van der Waals surface area (Å²) in [5.74, 6) is -0.244. The fourth-order valence-corrected chi connectivity index (χ4v) is 2.96. The van der Waals surface area contributed by atoms with Gasteiger partial charge >= 0.3 is 0 Å². The Morgan fingerprint density at radius 1 is 1.50 bits per heavy atom. The summed E-state index contributed by atoms with van der Waals surface area (Å²) in [6.45, 7) is 0. The summed E-state index contributed by atoms with van der Waals surface area (Å²) < 4.78 is 1.51. The molecule has 1 amide bonds. The van der Waals surface area contributed by atoms with Crippen LogP contribution in [0.25, 0.3) is 0 Å². The van der Waals surface area contributed by atoms with Crippen LogP contribution in [0.4, 0.5) is 0 Å². The Bertz CT molecular complexity index is 662. The number of nitrogens with zero attached hydrogens (tertiary/aromatic N) is 2. The van der Waals surface area contributed by atoms with Crippen LogP contribution >= 0.6 is 38.5 Å². The van der Waals surface area contributed by atoms with Crippen LogP contribution in [-0.2, 0) is 0 Å². The second-order valence-corrected chi connectivity index (χ2v) is 5.84. The van der Waals surface area contributed by atoms with E-state index in [4.69, 9.17) is 0 Å². The molecule has 0 saturated carbocycles. The maximum atomic E-state index is 11.7. The lowest BCUT2D eigenvalue weighted by Crippen LogP contribution is -2.17. The van der Waals surface area contributed by atoms with Crippen molar-refractivity contribution in [1.29, 1.82) is 0 Å². The molecular weight excluding hydrogens is 437 g/mol. The van der Waals surface area contributed by atoms with Gasteiger partial charge in [-0.05, 0) is 46.9 Å². The Morgan fingerprint density at radius 3 is 3.00 bits per heavy atom. The maximum Gasteiger partial charge on any atom is 0.272 e. The van der Waals surface area contributed by atoms with Crippen LogP contribution in [0, 0.1) is 3.57 Å². The number of hydrogen-bond donors (Lipinski definition) is 2. The van der Waals surface area contributed by atoms with Gasteiger partial charge in [-0.15, -0.1) is 0 Å². The summed E-state index contributed by atoms with van der Waals surface area (Å²) in [5, 5.41) is 13.7. The van der Waals surface area contributed by atoms with Crippen LogP contribution in [0.3, 0.4) is 0 Å². The molecule has 0 radical (unpaired) electrons. The van der Waals surface area contributed by atoms with Gasteiger partial charge in [0, 0.05) is 22.4 Å². The first-order chi connectivity index (χ1) is 9.58. The van der Waals surface area contributed by atoms with E-state index in [1.54, 1.807) is 30.5 Å². The summed E-state index contributed by atoms with van der Waals surface area (Å²) in [7, 11) is 0. The van der Waals surface area contributed by atoms with Crippen molar-refractivity contribution in [2.24, 2.45) is 5.10 Å². The number of hydrazone groups is 1. The Labute approximate surface area is 137 Å². The summed E-state index contributed by atoms with van der Waals surface area (Å²) in [5.41, 5.74) is 3.30. The minimum absolute atomic E-state index is 0.119. The van der Waals surface area contributed by atoms with Gasteiger partial charge in [0.25, 0.3) is 5.91 Å². The van der Waals surface area contributed by atoms with E-state index in [-0.39, 0.29) is 11.7 Å². The molecule has 0 aliphatic carbocycles. The van der Waals surface area contributed by atoms with E-state index in [1.165, 1.54) is 12.4 Å². The van der Waals surface area contributed by atoms with Gasteiger partial charge in [0.1, 0.15) is 5.75 Å². The standard InChI is InChI=1S/C13H9BrIN3O2/c14-10-4-9(12(19)11(15)5-10)7-17-18-13(20)8-2-1-3-16-6-8/h1-7,19H,(H,18,20). The van der Waals surface area contributed by atoms with Crippen LogP contribution in [0.15, 0.2) is 46.2 Å². The van der Waals surface area contributed by atoms with Crippen LogP contribution in [-0.4, -0.2) is 22.2 Å². The van der Waals surface area contributed by atoms with Crippen molar-refractivity contribution in [1.82, 2.24) is 10.4 Å². The quantitative estimate of drug-likeness (QED) is 0.433. The minimum atomic E-state index is -0.362. The number of hydrogen-bond acceptors (Lipinski definition) is 4. The highest BCUT2D eigenvalue weighted by Gasteiger charge is 2.06. The molecule has 0 aliphatic heterocycles. The number of rotatable bonds is 3. The number of carbonyl (C=O) groups is 1. The molecular formula is C13H9BrIN3O2. The van der Waals surface area contributed by atoms with Crippen molar-refractivity contribution in [3.05, 3.63) is 55.8 Å². The fourth-order valence-electron chi connectivity index (χ4n) is 1.41. The summed E-state index contributed by atoms with van der Waals surface area (Å²) in [4.78, 5) is 15.6. The molecule has 1 heterocycles. The van der Waals surface area contributed by atoms with Gasteiger partial charge in [0.2, 0.25) is 0 Å². The van der Waals surface area contributed by atoms with E-state index < -0.39 is 0 Å². The first-order valence-electron chi connectivity index (χ1n) is 5.49. The lowest BCUT2D eigenvalue weighted by molar-refractivity contribution is 0.0954. The summed E-state index contributed by atoms with van der Waals surface area (Å²) >= 11 is 5.34. The number of benzene rings is 1. The first kappa shape index (κ1) is 14.9. The molecule has 1 aromatic heterocycles. The van der Waals surface area contributed by atoms with E-state index in [9.17, 15) is 9.90 Å². The number of pyridine rings is 1. The van der Waals surface area contributed by atoms with Crippen LogP contribution in [0.5, 0.6) is 5.75 Å². The fraction of sp³-hybridized carbons (Fsp3) is 0. The van der Waals surface area contributed by atoms with Gasteiger partial charge in [-0.25, -0.2) is 5.43 Å². The molecule has 5 nitrogen and oxygen atoms in total. The Balaban J connectivity index is 2.10. The second kappa shape index (κ2) is 6.80. The van der Waals surface area contributed by atoms with Crippen molar-refractivity contribution in [2.75, 3.05) is 0 Å². The van der Waals surface area contributed by atoms with Crippen LogP contribution in [0.1, 0.15) is 15.9 Å². The van der Waals surface area contributed by atoms with Gasteiger partial charge in [-0.1, -0.05) is 15.9 Å². The van der Waals surface area contributed by atoms with Gasteiger partial charge in [0.05, 0.1) is 15.3 Å². The molecule has 20 heavy (non-hydrogen) atoms. The molecule has 0 unspecified atom stereocenters. The average Bonchev–Trinajstić information content (AvgIpc) is 2.44. The Morgan fingerprint density at radius 2 is 2.30 bits per heavy atom. The molecule has 0 spiro atoms. The number of phenolic OH excluding ortho intramolecular Hbond substituents is 1. The molecule has 7 heteroatoms. The highest BCUT2D eigenvalue weighted by molar-refractivity contribution is 14.1. The van der Waals surface area contributed by atoms with Crippen molar-refractivity contribution in [3.8, 4) is 5.75 Å². The van der Waals surface area contributed by atoms with Crippen molar-refractivity contribution < 1.29 is 9.90 Å². The van der Waals surface area contributed by atoms with Crippen LogP contribution in [0.2, 0.25) is 0 Å². The smallest absolute Gasteiger partial charge is 0.272 e. The highest BCUT2D eigenvalue weighted by Crippen LogP contribution is 2.27. The van der Waals surface area contributed by atoms with E-state index in [2.05, 4.69) is 31.4 Å². The van der Waals surface area contributed by atoms with E-state index in [1.807, 2.05) is 22.6 Å². The summed E-state index contributed by atoms with van der Waals surface area (Å²) in [6, 6.07) is 6.79. The van der Waals surface area contributed by atoms with E-state index in [0.717, 1.165) is 4.47 Å². The molecule has 0 saturated heterocycles. The number of halogens is 2. The number of aromatic hydroxyl groups is 1. The Hall–Kier alpha value is -1.48. The zero-order valence-corrected chi connectivity index (χ0v) is 13.8. The monoisotopic (exact) mass is 445 g/mol. The van der Waals surface area contributed by atoms with Crippen molar-refractivity contribution in [3.63, 3.8) is 0 Å². The predicted molar refractivity (Wildman–Crippen MR) is 87.8 cm³/mol. The normalized spacial score (nSPS) is 10.7. The largest absolute Gasteiger partial charge is 0.506 e.